The molecule has 12 heteroatoms. The molecule has 2 heterocycles. The van der Waals surface area contributed by atoms with Gasteiger partial charge in [0.05, 0.1) is 23.7 Å². The Balaban J connectivity index is 1.49. The molecule has 10 nitrogen and oxygen atoms in total. The molecule has 2 N–H and O–H groups in total. The number of hydrogen-bond acceptors (Lipinski definition) is 5. The molecule has 1 aromatic heterocycles. The van der Waals surface area contributed by atoms with Gasteiger partial charge in [-0.3, -0.25) is 18.6 Å². The van der Waals surface area contributed by atoms with Gasteiger partial charge in [-0.05, 0) is 55.9 Å². The van der Waals surface area contributed by atoms with Crippen LogP contribution in [0.25, 0.3) is 5.70 Å². The van der Waals surface area contributed by atoms with Crippen molar-refractivity contribution in [1.82, 2.24) is 25.0 Å². The summed E-state index contributed by atoms with van der Waals surface area (Å²) in [6, 6.07) is 11.5. The Hall–Kier alpha value is -3.51. The number of anilines is 1. The number of rotatable bonds is 10. The minimum Gasteiger partial charge on any atom is -0.352 e. The van der Waals surface area contributed by atoms with E-state index in [2.05, 4.69) is 31.7 Å². The van der Waals surface area contributed by atoms with Crippen LogP contribution >= 0.6 is 15.9 Å². The lowest BCUT2D eigenvalue weighted by Gasteiger charge is -2.26. The normalized spacial score (nSPS) is 14.4. The number of halogens is 1. The number of amides is 2. The van der Waals surface area contributed by atoms with Crippen molar-refractivity contribution < 1.29 is 18.0 Å². The molecule has 1 aliphatic carbocycles. The van der Waals surface area contributed by atoms with Crippen molar-refractivity contribution in [2.75, 3.05) is 30.7 Å². The molecule has 1 aliphatic heterocycles. The van der Waals surface area contributed by atoms with E-state index in [4.69, 9.17) is 0 Å². The Bertz CT molecular complexity index is 1740. The van der Waals surface area contributed by atoms with Crippen LogP contribution in [0, 0.1) is 6.92 Å². The smallest absolute Gasteiger partial charge is 0.317 e. The van der Waals surface area contributed by atoms with Crippen LogP contribution in [0.3, 0.4) is 0 Å². The van der Waals surface area contributed by atoms with Crippen molar-refractivity contribution in [1.29, 1.82) is 0 Å². The average Bonchev–Trinajstić information content (AvgIpc) is 3.69. The Morgan fingerprint density at radius 1 is 1.18 bits per heavy atom. The number of benzene rings is 2. The van der Waals surface area contributed by atoms with E-state index in [0.29, 0.717) is 29.9 Å². The molecule has 2 aromatic carbocycles. The Kier molecular flexibility index (Phi) is 7.58. The summed E-state index contributed by atoms with van der Waals surface area (Å²) in [5, 5.41) is 11.3. The number of aryl methyl sites for hydroxylation is 1. The number of aromatic nitrogens is 2. The molecule has 5 rings (SSSR count). The van der Waals surface area contributed by atoms with E-state index in [1.54, 1.807) is 18.8 Å². The predicted molar refractivity (Wildman–Crippen MR) is 157 cm³/mol. The number of nitrogens with one attached hydrogen (secondary N) is 2. The molecule has 2 amide bonds. The number of nitrogens with zero attached hydrogens (tertiary/aromatic N) is 4. The highest BCUT2D eigenvalue weighted by Gasteiger charge is 2.38. The maximum absolute atomic E-state index is 13.1. The molecule has 0 radical (unpaired) electrons. The number of hydrogen-bond donors (Lipinski definition) is 2. The van der Waals surface area contributed by atoms with Crippen LogP contribution in [0.4, 0.5) is 11.4 Å². The maximum atomic E-state index is 13.1. The van der Waals surface area contributed by atoms with Gasteiger partial charge in [-0.15, -0.1) is 4.58 Å². The van der Waals surface area contributed by atoms with Crippen molar-refractivity contribution >= 4 is 54.8 Å². The van der Waals surface area contributed by atoms with Crippen LogP contribution in [0.15, 0.2) is 47.1 Å². The molecule has 1 fully saturated rings. The SMILES string of the molecule is CNC(=O)C1=c2cc(C3CC3)c(N(CCCNC(=O)c3cnn(C)c3C)S(C)(=O)=O)cc2=[N+]1c1ccc(Br)cc1. The van der Waals surface area contributed by atoms with E-state index in [9.17, 15) is 18.0 Å². The van der Waals surface area contributed by atoms with Crippen LogP contribution in [0.5, 0.6) is 0 Å². The van der Waals surface area contributed by atoms with E-state index in [1.807, 2.05) is 47.9 Å². The van der Waals surface area contributed by atoms with E-state index in [0.717, 1.165) is 44.8 Å². The summed E-state index contributed by atoms with van der Waals surface area (Å²) < 4.78 is 32.0. The minimum absolute atomic E-state index is 0.202. The van der Waals surface area contributed by atoms with Gasteiger partial charge in [-0.1, -0.05) is 15.9 Å². The van der Waals surface area contributed by atoms with Gasteiger partial charge in [0.2, 0.25) is 21.1 Å². The lowest BCUT2D eigenvalue weighted by molar-refractivity contribution is -0.115. The monoisotopic (exact) mass is 627 g/mol. The maximum Gasteiger partial charge on any atom is 0.317 e. The topological polar surface area (TPSA) is 116 Å². The lowest BCUT2D eigenvalue weighted by atomic mass is 10.0. The summed E-state index contributed by atoms with van der Waals surface area (Å²) >= 11 is 3.46. The fourth-order valence-corrected chi connectivity index (χ4v) is 6.24. The number of carbonyl (C=O) groups excluding carboxylic acids is 2. The van der Waals surface area contributed by atoms with Gasteiger partial charge in [0.25, 0.3) is 11.6 Å². The van der Waals surface area contributed by atoms with Gasteiger partial charge in [-0.25, -0.2) is 8.42 Å². The number of carbonyl (C=O) groups is 2. The first-order valence-electron chi connectivity index (χ1n) is 13.1. The molecule has 0 atom stereocenters. The zero-order chi connectivity index (χ0) is 28.8. The third kappa shape index (κ3) is 5.29. The summed E-state index contributed by atoms with van der Waals surface area (Å²) in [6.07, 6.45) is 5.09. The van der Waals surface area contributed by atoms with Crippen molar-refractivity contribution in [3.63, 3.8) is 0 Å². The first-order chi connectivity index (χ1) is 19.0. The Morgan fingerprint density at radius 3 is 2.45 bits per heavy atom. The summed E-state index contributed by atoms with van der Waals surface area (Å²) in [5.41, 5.74) is 4.14. The molecule has 0 bridgehead atoms. The molecule has 1 saturated carbocycles. The summed E-state index contributed by atoms with van der Waals surface area (Å²) in [6.45, 7) is 2.33. The highest BCUT2D eigenvalue weighted by atomic mass is 79.9. The fourth-order valence-electron chi connectivity index (χ4n) is 5.00. The van der Waals surface area contributed by atoms with Crippen LogP contribution in [0.1, 0.15) is 46.8 Å². The summed E-state index contributed by atoms with van der Waals surface area (Å²) in [7, 11) is -0.261. The van der Waals surface area contributed by atoms with Crippen molar-refractivity contribution in [2.45, 2.75) is 32.1 Å². The van der Waals surface area contributed by atoms with E-state index < -0.39 is 10.0 Å². The number of likely N-dealkylation sites (N-methyl/N-ethyl adjacent to an activating group) is 1. The third-order valence-corrected chi connectivity index (χ3v) is 9.09. The largest absolute Gasteiger partial charge is 0.352 e. The molecule has 40 heavy (non-hydrogen) atoms. The van der Waals surface area contributed by atoms with Gasteiger partial charge in [0, 0.05) is 55.6 Å². The van der Waals surface area contributed by atoms with Crippen molar-refractivity contribution in [3.05, 3.63) is 74.5 Å². The van der Waals surface area contributed by atoms with Crippen LogP contribution in [0.2, 0.25) is 0 Å². The molecule has 210 valence electrons. The van der Waals surface area contributed by atoms with Crippen molar-refractivity contribution in [2.24, 2.45) is 7.05 Å². The molecule has 3 aromatic rings. The summed E-state index contributed by atoms with van der Waals surface area (Å²) in [4.78, 5) is 25.5. The van der Waals surface area contributed by atoms with Gasteiger partial charge in [0.1, 0.15) is 5.22 Å². The summed E-state index contributed by atoms with van der Waals surface area (Å²) in [5.74, 6) is -0.200. The zero-order valence-electron chi connectivity index (χ0n) is 22.9. The molecule has 0 unspecified atom stereocenters. The van der Waals surface area contributed by atoms with Crippen molar-refractivity contribution in [3.8, 4) is 0 Å². The highest BCUT2D eigenvalue weighted by Crippen LogP contribution is 2.44. The van der Waals surface area contributed by atoms with Crippen LogP contribution in [-0.4, -0.2) is 56.4 Å². The van der Waals surface area contributed by atoms with Gasteiger partial charge in [-0.2, -0.15) is 5.10 Å². The molecule has 2 aliphatic rings. The number of sulfonamides is 1. The quantitative estimate of drug-likeness (QED) is 0.262. The number of fused-ring (bicyclic) bond motifs is 1. The lowest BCUT2D eigenvalue weighted by Crippen LogP contribution is -2.54. The molecular formula is C28H32BrN6O4S+. The Labute approximate surface area is 241 Å². The average molecular weight is 629 g/mol. The van der Waals surface area contributed by atoms with Gasteiger partial charge >= 0.3 is 5.91 Å². The van der Waals surface area contributed by atoms with Gasteiger partial charge < -0.3 is 10.6 Å². The van der Waals surface area contributed by atoms with Crippen LogP contribution < -0.4 is 30.1 Å². The van der Waals surface area contributed by atoms with Gasteiger partial charge in [0.15, 0.2) is 0 Å². The second kappa shape index (κ2) is 10.8. The zero-order valence-corrected chi connectivity index (χ0v) is 25.3. The first kappa shape index (κ1) is 28.0. The predicted octanol–water partition coefficient (Wildman–Crippen LogP) is 1.65. The van der Waals surface area contributed by atoms with E-state index >= 15 is 0 Å². The highest BCUT2D eigenvalue weighted by molar-refractivity contribution is 9.10. The minimum atomic E-state index is -3.63. The second-order valence-corrected chi connectivity index (χ2v) is 13.0. The molecule has 0 spiro atoms. The molecular weight excluding hydrogens is 596 g/mol. The second-order valence-electron chi connectivity index (χ2n) is 10.2. The first-order valence-corrected chi connectivity index (χ1v) is 15.7. The molecule has 0 saturated heterocycles. The van der Waals surface area contributed by atoms with E-state index in [-0.39, 0.29) is 24.3 Å². The van der Waals surface area contributed by atoms with Crippen LogP contribution in [-0.2, 0) is 21.9 Å². The Morgan fingerprint density at radius 2 is 1.88 bits per heavy atom. The standard InChI is InChI=1S/C28H31BrN6O4S/c1-17-23(16-32-33(17)3)27(36)31-12-5-13-34(40(4,38)39)24-15-25-22(14-21(24)18-6-7-18)26(28(37)30-2)35(25)20-10-8-19(29)9-11-20/h8-11,14-16,18H,5-7,12-13H2,1-4H3,(H-,30,31,36,37)/p+1. The third-order valence-electron chi connectivity index (χ3n) is 7.38. The van der Waals surface area contributed by atoms with E-state index in [1.165, 1.54) is 16.8 Å². The fraction of sp³-hybridized carbons (Fsp3) is 0.357.